The number of amides is 1. The highest BCUT2D eigenvalue weighted by Gasteiger charge is 2.49. The highest BCUT2D eigenvalue weighted by atomic mass is 16.5. The summed E-state index contributed by atoms with van der Waals surface area (Å²) in [6.07, 6.45) is 9.09. The van der Waals surface area contributed by atoms with Crippen molar-refractivity contribution < 1.29 is 9.53 Å². The van der Waals surface area contributed by atoms with Crippen molar-refractivity contribution in [2.24, 2.45) is 5.11 Å². The van der Waals surface area contributed by atoms with Gasteiger partial charge < -0.3 is 15.0 Å². The van der Waals surface area contributed by atoms with Crippen LogP contribution in [-0.2, 0) is 27.9 Å². The van der Waals surface area contributed by atoms with Crippen molar-refractivity contribution in [2.45, 2.75) is 62.6 Å². The molecule has 3 heterocycles. The van der Waals surface area contributed by atoms with E-state index in [0.717, 1.165) is 62.9 Å². The fourth-order valence-electron chi connectivity index (χ4n) is 5.74. The van der Waals surface area contributed by atoms with Gasteiger partial charge in [0.1, 0.15) is 0 Å². The smallest absolute Gasteiger partial charge is 0.233 e. The first-order chi connectivity index (χ1) is 16.2. The monoisotopic (exact) mass is 446 g/mol. The van der Waals surface area contributed by atoms with Gasteiger partial charge >= 0.3 is 0 Å². The Morgan fingerprint density at radius 3 is 2.88 bits per heavy atom. The molecule has 2 fully saturated rings. The number of azide groups is 1. The van der Waals surface area contributed by atoms with E-state index in [4.69, 9.17) is 10.3 Å². The third-order valence-corrected chi connectivity index (χ3v) is 7.48. The molecule has 1 aromatic heterocycles. The summed E-state index contributed by atoms with van der Waals surface area (Å²) in [5.74, 6) is 0.187. The maximum absolute atomic E-state index is 14.1. The lowest BCUT2D eigenvalue weighted by Gasteiger charge is -2.38. The quantitative estimate of drug-likeness (QED) is 0.423. The van der Waals surface area contributed by atoms with E-state index in [1.807, 2.05) is 35.4 Å². The van der Waals surface area contributed by atoms with Gasteiger partial charge in [-0.05, 0) is 72.9 Å². The molecule has 8 heteroatoms. The SMILES string of the molecule is [N-]=[N+]=Nc1ccc2c(c1)CN(C(=O)[C@@]1(c3cccnc3)CC[C@@H](NC3CCOCC3)C1)CC2. The molecule has 1 amide bonds. The Labute approximate surface area is 194 Å². The number of benzene rings is 1. The molecule has 172 valence electrons. The van der Waals surface area contributed by atoms with Crippen molar-refractivity contribution in [3.8, 4) is 0 Å². The number of pyridine rings is 1. The van der Waals surface area contributed by atoms with Crippen LogP contribution in [0, 0.1) is 0 Å². The number of fused-ring (bicyclic) bond motifs is 1. The third-order valence-electron chi connectivity index (χ3n) is 7.48. The molecule has 2 atom stereocenters. The lowest BCUT2D eigenvalue weighted by Crippen LogP contribution is -2.49. The number of hydrogen-bond donors (Lipinski definition) is 1. The fourth-order valence-corrected chi connectivity index (χ4v) is 5.74. The summed E-state index contributed by atoms with van der Waals surface area (Å²) < 4.78 is 5.51. The molecule has 0 spiro atoms. The predicted molar refractivity (Wildman–Crippen MR) is 125 cm³/mol. The largest absolute Gasteiger partial charge is 0.381 e. The highest BCUT2D eigenvalue weighted by molar-refractivity contribution is 5.89. The minimum Gasteiger partial charge on any atom is -0.381 e. The zero-order valence-corrected chi connectivity index (χ0v) is 18.8. The van der Waals surface area contributed by atoms with Crippen LogP contribution in [-0.4, -0.2) is 47.6 Å². The Balaban J connectivity index is 1.39. The molecule has 1 aliphatic carbocycles. The first kappa shape index (κ1) is 21.9. The Morgan fingerprint density at radius 1 is 1.21 bits per heavy atom. The van der Waals surface area contributed by atoms with E-state index in [1.54, 1.807) is 6.20 Å². The molecule has 2 aromatic rings. The summed E-state index contributed by atoms with van der Waals surface area (Å²) in [6.45, 7) is 2.86. The molecule has 0 radical (unpaired) electrons. The topological polar surface area (TPSA) is 103 Å². The van der Waals surface area contributed by atoms with Crippen LogP contribution in [0.1, 0.15) is 48.8 Å². The van der Waals surface area contributed by atoms with Crippen LogP contribution in [0.25, 0.3) is 10.4 Å². The number of nitrogens with one attached hydrogen (secondary N) is 1. The Hall–Kier alpha value is -2.93. The maximum atomic E-state index is 14.1. The molecule has 1 aromatic carbocycles. The average Bonchev–Trinajstić information content (AvgIpc) is 3.29. The predicted octanol–water partition coefficient (Wildman–Crippen LogP) is 4.17. The molecule has 1 N–H and O–H groups in total. The van der Waals surface area contributed by atoms with Crippen LogP contribution in [0.5, 0.6) is 0 Å². The van der Waals surface area contributed by atoms with Gasteiger partial charge in [-0.1, -0.05) is 23.3 Å². The second-order valence-corrected chi connectivity index (χ2v) is 9.44. The van der Waals surface area contributed by atoms with E-state index in [0.29, 0.717) is 30.9 Å². The summed E-state index contributed by atoms with van der Waals surface area (Å²) in [4.78, 5) is 23.4. The summed E-state index contributed by atoms with van der Waals surface area (Å²) in [5.41, 5.74) is 12.1. The molecule has 5 rings (SSSR count). The molecular formula is C25H30N6O2. The number of rotatable bonds is 5. The van der Waals surface area contributed by atoms with Crippen molar-refractivity contribution in [1.29, 1.82) is 0 Å². The van der Waals surface area contributed by atoms with Crippen molar-refractivity contribution in [2.75, 3.05) is 19.8 Å². The van der Waals surface area contributed by atoms with Crippen molar-refractivity contribution >= 4 is 11.6 Å². The second kappa shape index (κ2) is 9.51. The fraction of sp³-hybridized carbons (Fsp3) is 0.520. The third kappa shape index (κ3) is 4.47. The van der Waals surface area contributed by atoms with Gasteiger partial charge in [0.05, 0.1) is 5.41 Å². The van der Waals surface area contributed by atoms with Gasteiger partial charge in [-0.25, -0.2) is 0 Å². The van der Waals surface area contributed by atoms with Crippen molar-refractivity contribution in [1.82, 2.24) is 15.2 Å². The van der Waals surface area contributed by atoms with E-state index >= 15 is 0 Å². The lowest BCUT2D eigenvalue weighted by molar-refractivity contribution is -0.138. The number of carbonyl (C=O) groups excluding carboxylic acids is 1. The van der Waals surface area contributed by atoms with Crippen LogP contribution in [0.15, 0.2) is 47.8 Å². The van der Waals surface area contributed by atoms with Gasteiger partial charge in [-0.15, -0.1) is 0 Å². The first-order valence-corrected chi connectivity index (χ1v) is 11.9. The molecule has 1 saturated heterocycles. The number of hydrogen-bond acceptors (Lipinski definition) is 5. The number of carbonyl (C=O) groups is 1. The zero-order valence-electron chi connectivity index (χ0n) is 18.8. The molecule has 3 aliphatic rings. The Kier molecular flexibility index (Phi) is 6.31. The molecule has 0 unspecified atom stereocenters. The standard InChI is InChI=1S/C25H30N6O2/c26-30-29-22-4-3-18-6-11-31(17-19(18)14-22)24(32)25(20-2-1-10-27-16-20)9-5-23(15-25)28-21-7-12-33-13-8-21/h1-4,10,14,16,21,23,28H,5-9,11-13,15,17H2/t23-,25+/m1/s1. The maximum Gasteiger partial charge on any atom is 0.233 e. The van der Waals surface area contributed by atoms with Gasteiger partial charge in [-0.3, -0.25) is 9.78 Å². The summed E-state index contributed by atoms with van der Waals surface area (Å²) in [6, 6.07) is 10.5. The molecule has 1 saturated carbocycles. The van der Waals surface area contributed by atoms with Gasteiger partial charge in [0.15, 0.2) is 0 Å². The minimum absolute atomic E-state index is 0.187. The first-order valence-electron chi connectivity index (χ1n) is 11.9. The van der Waals surface area contributed by atoms with Crippen molar-refractivity contribution in [3.05, 3.63) is 69.9 Å². The Morgan fingerprint density at radius 2 is 2.09 bits per heavy atom. The molecular weight excluding hydrogens is 416 g/mol. The summed E-state index contributed by atoms with van der Waals surface area (Å²) >= 11 is 0. The molecule has 0 bridgehead atoms. The minimum atomic E-state index is -0.559. The van der Waals surface area contributed by atoms with E-state index in [2.05, 4.69) is 26.4 Å². The van der Waals surface area contributed by atoms with Gasteiger partial charge in [0.25, 0.3) is 0 Å². The summed E-state index contributed by atoms with van der Waals surface area (Å²) in [7, 11) is 0. The van der Waals surface area contributed by atoms with Crippen LogP contribution >= 0.6 is 0 Å². The Bertz CT molecular complexity index is 1050. The molecule has 8 nitrogen and oxygen atoms in total. The van der Waals surface area contributed by atoms with Gasteiger partial charge in [0.2, 0.25) is 5.91 Å². The highest BCUT2D eigenvalue weighted by Crippen LogP contribution is 2.43. The molecule has 33 heavy (non-hydrogen) atoms. The summed E-state index contributed by atoms with van der Waals surface area (Å²) in [5, 5.41) is 7.56. The number of nitrogens with zero attached hydrogens (tertiary/aromatic N) is 5. The zero-order chi connectivity index (χ0) is 22.7. The van der Waals surface area contributed by atoms with E-state index in [-0.39, 0.29) is 5.91 Å². The normalized spacial score (nSPS) is 25.3. The lowest BCUT2D eigenvalue weighted by atomic mass is 9.77. The van der Waals surface area contributed by atoms with Crippen LogP contribution in [0.4, 0.5) is 5.69 Å². The van der Waals surface area contributed by atoms with E-state index < -0.39 is 5.41 Å². The van der Waals surface area contributed by atoms with E-state index in [9.17, 15) is 4.79 Å². The number of aromatic nitrogens is 1. The second-order valence-electron chi connectivity index (χ2n) is 9.44. The number of ether oxygens (including phenoxy) is 1. The van der Waals surface area contributed by atoms with Gasteiger partial charge in [-0.2, -0.15) is 0 Å². The van der Waals surface area contributed by atoms with Crippen molar-refractivity contribution in [3.63, 3.8) is 0 Å². The average molecular weight is 447 g/mol. The van der Waals surface area contributed by atoms with Crippen LogP contribution in [0.2, 0.25) is 0 Å². The van der Waals surface area contributed by atoms with Gasteiger partial charge in [0, 0.05) is 61.4 Å². The molecule has 2 aliphatic heterocycles. The van der Waals surface area contributed by atoms with Crippen LogP contribution in [0.3, 0.4) is 0 Å². The van der Waals surface area contributed by atoms with E-state index in [1.165, 1.54) is 5.56 Å². The van der Waals surface area contributed by atoms with Crippen LogP contribution < -0.4 is 5.32 Å².